The highest BCUT2D eigenvalue weighted by Crippen LogP contribution is 2.28. The topological polar surface area (TPSA) is 0 Å². The molecule has 94 valence electrons. The van der Waals surface area contributed by atoms with Gasteiger partial charge in [-0.1, -0.05) is 24.3 Å². The van der Waals surface area contributed by atoms with Gasteiger partial charge in [0.1, 0.15) is 13.1 Å². The zero-order valence-corrected chi connectivity index (χ0v) is 11.7. The minimum absolute atomic E-state index is 1.08. The molecule has 0 atom stereocenters. The summed E-state index contributed by atoms with van der Waals surface area (Å²) in [6, 6.07) is 8.92. The summed E-state index contributed by atoms with van der Waals surface area (Å²) in [5, 5.41) is 0. The van der Waals surface area contributed by atoms with E-state index in [4.69, 9.17) is 0 Å². The van der Waals surface area contributed by atoms with Crippen molar-refractivity contribution in [1.29, 1.82) is 0 Å². The Morgan fingerprint density at radius 1 is 1.06 bits per heavy atom. The van der Waals surface area contributed by atoms with Gasteiger partial charge in [0.2, 0.25) is 0 Å². The van der Waals surface area contributed by atoms with Crippen LogP contribution in [0.2, 0.25) is 0 Å². The molecular formula is C15H26N2+2. The van der Waals surface area contributed by atoms with Crippen LogP contribution in [0.3, 0.4) is 0 Å². The van der Waals surface area contributed by atoms with Crippen molar-refractivity contribution in [2.75, 3.05) is 41.3 Å². The summed E-state index contributed by atoms with van der Waals surface area (Å²) in [6.07, 6.45) is 1.31. The van der Waals surface area contributed by atoms with Gasteiger partial charge in [-0.25, -0.2) is 0 Å². The Morgan fingerprint density at radius 2 is 1.59 bits per heavy atom. The molecule has 1 aromatic carbocycles. The molecule has 1 aromatic rings. The van der Waals surface area contributed by atoms with Crippen molar-refractivity contribution in [2.24, 2.45) is 0 Å². The van der Waals surface area contributed by atoms with E-state index < -0.39 is 0 Å². The second-order valence-corrected chi connectivity index (χ2v) is 6.80. The summed E-state index contributed by atoms with van der Waals surface area (Å²) in [5.41, 5.74) is 3.11. The Kier molecular flexibility index (Phi) is 3.28. The molecular weight excluding hydrogens is 208 g/mol. The monoisotopic (exact) mass is 234 g/mol. The van der Waals surface area contributed by atoms with E-state index in [2.05, 4.69) is 52.5 Å². The van der Waals surface area contributed by atoms with Crippen LogP contribution in [0.15, 0.2) is 24.3 Å². The van der Waals surface area contributed by atoms with Crippen LogP contribution in [0.4, 0.5) is 0 Å². The fourth-order valence-electron chi connectivity index (χ4n) is 2.83. The predicted molar refractivity (Wildman–Crippen MR) is 72.4 cm³/mol. The fraction of sp³-hybridized carbons (Fsp3) is 0.600. The van der Waals surface area contributed by atoms with Crippen LogP contribution in [0, 0.1) is 0 Å². The van der Waals surface area contributed by atoms with Gasteiger partial charge in [0.05, 0.1) is 41.3 Å². The summed E-state index contributed by atoms with van der Waals surface area (Å²) in [6.45, 7) is 5.00. The molecule has 17 heavy (non-hydrogen) atoms. The lowest BCUT2D eigenvalue weighted by molar-refractivity contribution is -0.934. The highest BCUT2D eigenvalue weighted by Gasteiger charge is 2.31. The third-order valence-corrected chi connectivity index (χ3v) is 3.75. The Labute approximate surface area is 106 Å². The van der Waals surface area contributed by atoms with Crippen molar-refractivity contribution in [3.63, 3.8) is 0 Å². The summed E-state index contributed by atoms with van der Waals surface area (Å²) in [5.74, 6) is 0. The third kappa shape index (κ3) is 3.30. The van der Waals surface area contributed by atoms with Crippen molar-refractivity contribution in [1.82, 2.24) is 0 Å². The Bertz CT molecular complexity index is 365. The van der Waals surface area contributed by atoms with Gasteiger partial charge in [-0.15, -0.1) is 0 Å². The highest BCUT2D eigenvalue weighted by molar-refractivity contribution is 5.27. The second-order valence-electron chi connectivity index (χ2n) is 6.80. The van der Waals surface area contributed by atoms with E-state index in [1.165, 1.54) is 37.1 Å². The van der Waals surface area contributed by atoms with Crippen molar-refractivity contribution >= 4 is 0 Å². The molecule has 1 aliphatic rings. The van der Waals surface area contributed by atoms with Gasteiger partial charge in [-0.2, -0.15) is 0 Å². The zero-order valence-electron chi connectivity index (χ0n) is 11.7. The van der Waals surface area contributed by atoms with Crippen molar-refractivity contribution in [3.8, 4) is 0 Å². The number of rotatable bonds is 4. The van der Waals surface area contributed by atoms with Crippen LogP contribution in [0.5, 0.6) is 0 Å². The molecule has 0 aliphatic carbocycles. The van der Waals surface area contributed by atoms with E-state index in [9.17, 15) is 0 Å². The molecule has 2 rings (SSSR count). The maximum absolute atomic E-state index is 2.40. The Hall–Kier alpha value is -0.860. The van der Waals surface area contributed by atoms with E-state index in [0.29, 0.717) is 0 Å². The number of hydrogen-bond donors (Lipinski definition) is 0. The SMILES string of the molecule is C[N+](C)(C)CCC[N+]1(C)Cc2ccccc2C1. The largest absolute Gasteiger partial charge is 0.331 e. The van der Waals surface area contributed by atoms with Crippen LogP contribution in [0.1, 0.15) is 17.5 Å². The zero-order chi connectivity index (χ0) is 12.5. The first-order valence-electron chi connectivity index (χ1n) is 6.59. The normalized spacial score (nSPS) is 18.1. The molecule has 0 bridgehead atoms. The lowest BCUT2D eigenvalue weighted by atomic mass is 10.1. The molecule has 0 fully saturated rings. The number of benzene rings is 1. The first kappa shape index (κ1) is 12.6. The lowest BCUT2D eigenvalue weighted by Crippen LogP contribution is -2.42. The molecule has 0 aromatic heterocycles. The van der Waals surface area contributed by atoms with E-state index in [-0.39, 0.29) is 0 Å². The number of fused-ring (bicyclic) bond motifs is 1. The second kappa shape index (κ2) is 4.43. The maximum atomic E-state index is 2.40. The molecule has 1 aliphatic heterocycles. The van der Waals surface area contributed by atoms with Gasteiger partial charge in [0.15, 0.2) is 0 Å². The Balaban J connectivity index is 1.91. The van der Waals surface area contributed by atoms with Crippen LogP contribution in [-0.2, 0) is 13.1 Å². The van der Waals surface area contributed by atoms with E-state index in [1.54, 1.807) is 11.1 Å². The summed E-state index contributed by atoms with van der Waals surface area (Å²) >= 11 is 0. The number of nitrogens with zero attached hydrogens (tertiary/aromatic N) is 2. The molecule has 1 heterocycles. The van der Waals surface area contributed by atoms with Gasteiger partial charge < -0.3 is 8.97 Å². The summed E-state index contributed by atoms with van der Waals surface area (Å²) < 4.78 is 2.27. The third-order valence-electron chi connectivity index (χ3n) is 3.75. The van der Waals surface area contributed by atoms with E-state index in [0.717, 1.165) is 4.48 Å². The smallest absolute Gasteiger partial charge is 0.105 e. The molecule has 0 saturated heterocycles. The predicted octanol–water partition coefficient (Wildman–Crippen LogP) is 2.24. The minimum Gasteiger partial charge on any atom is -0.331 e. The Morgan fingerprint density at radius 3 is 2.06 bits per heavy atom. The average Bonchev–Trinajstić information content (AvgIpc) is 2.51. The van der Waals surface area contributed by atoms with Crippen LogP contribution >= 0.6 is 0 Å². The van der Waals surface area contributed by atoms with E-state index >= 15 is 0 Å². The van der Waals surface area contributed by atoms with Gasteiger partial charge in [-0.05, 0) is 0 Å². The molecule has 2 heteroatoms. The first-order chi connectivity index (χ1) is 7.88. The average molecular weight is 234 g/mol. The number of hydrogen-bond acceptors (Lipinski definition) is 0. The fourth-order valence-corrected chi connectivity index (χ4v) is 2.83. The van der Waals surface area contributed by atoms with Crippen molar-refractivity contribution in [3.05, 3.63) is 35.4 Å². The van der Waals surface area contributed by atoms with Crippen molar-refractivity contribution in [2.45, 2.75) is 19.5 Å². The maximum Gasteiger partial charge on any atom is 0.105 e. The first-order valence-corrected chi connectivity index (χ1v) is 6.59. The highest BCUT2D eigenvalue weighted by atomic mass is 15.3. The van der Waals surface area contributed by atoms with Gasteiger partial charge in [0.25, 0.3) is 0 Å². The van der Waals surface area contributed by atoms with Gasteiger partial charge >= 0.3 is 0 Å². The molecule has 0 radical (unpaired) electrons. The molecule has 0 spiro atoms. The van der Waals surface area contributed by atoms with E-state index in [1.807, 2.05) is 0 Å². The van der Waals surface area contributed by atoms with Gasteiger partial charge in [0, 0.05) is 17.5 Å². The summed E-state index contributed by atoms with van der Waals surface area (Å²) in [7, 11) is 9.23. The number of quaternary nitrogens is 2. The summed E-state index contributed by atoms with van der Waals surface area (Å²) in [4.78, 5) is 0. The van der Waals surface area contributed by atoms with Gasteiger partial charge in [-0.3, -0.25) is 0 Å². The molecule has 0 amide bonds. The molecule has 0 N–H and O–H groups in total. The quantitative estimate of drug-likeness (QED) is 0.701. The van der Waals surface area contributed by atoms with Crippen LogP contribution < -0.4 is 0 Å². The standard InChI is InChI=1S/C15H26N2/c1-16(2,3)10-7-11-17(4)12-14-8-5-6-9-15(14)13-17/h5-6,8-9H,7,10-13H2,1-4H3/q+2. The van der Waals surface area contributed by atoms with Crippen LogP contribution in [0.25, 0.3) is 0 Å². The van der Waals surface area contributed by atoms with Crippen LogP contribution in [-0.4, -0.2) is 50.2 Å². The lowest BCUT2D eigenvalue weighted by Gasteiger charge is -2.31. The van der Waals surface area contributed by atoms with Crippen molar-refractivity contribution < 1.29 is 8.97 Å². The molecule has 2 nitrogen and oxygen atoms in total. The molecule has 0 saturated carbocycles. The molecule has 0 unspecified atom stereocenters. The minimum atomic E-state index is 1.08.